The number of carboxylic acid groups (broad SMARTS) is 1. The minimum Gasteiger partial charge on any atom is -0.545 e. The molecule has 6 aromatic carbocycles. The van der Waals surface area contributed by atoms with E-state index in [2.05, 4.69) is 189 Å². The van der Waals surface area contributed by atoms with E-state index < -0.39 is 28.0 Å². The summed E-state index contributed by atoms with van der Waals surface area (Å²) < 4.78 is 31.7. The van der Waals surface area contributed by atoms with Crippen LogP contribution >= 0.6 is 15.8 Å². The molecule has 0 saturated carbocycles. The van der Waals surface area contributed by atoms with Crippen molar-refractivity contribution in [2.45, 2.75) is 6.18 Å². The molecular weight excluding hydrogens is 738 g/mol. The molecule has 0 bridgehead atoms. The summed E-state index contributed by atoms with van der Waals surface area (Å²) in [5, 5.41) is 15.7. The van der Waals surface area contributed by atoms with E-state index in [1.165, 1.54) is 31.8 Å². The molecule has 0 aromatic heterocycles. The molecule has 0 aliphatic carbocycles. The van der Waals surface area contributed by atoms with Crippen molar-refractivity contribution in [1.29, 1.82) is 0 Å². The molecule has 247 valence electrons. The van der Waals surface area contributed by atoms with Crippen molar-refractivity contribution in [2.24, 2.45) is 0 Å². The molecule has 0 unspecified atom stereocenters. The van der Waals surface area contributed by atoms with E-state index in [1.807, 2.05) is 0 Å². The van der Waals surface area contributed by atoms with Crippen LogP contribution < -0.4 is 31.8 Å². The van der Waals surface area contributed by atoms with Crippen molar-refractivity contribution in [2.75, 3.05) is 0 Å². The van der Waals surface area contributed by atoms with E-state index in [1.54, 1.807) is 0 Å². The minimum absolute atomic E-state index is 0. The fourth-order valence-corrected chi connectivity index (χ4v) is 9.78. The number of carbonyl (C=O) groups excluding carboxylic acids is 1. The second-order valence-corrected chi connectivity index (χ2v) is 14.7. The predicted molar refractivity (Wildman–Crippen MR) is 194 cm³/mol. The molecule has 0 heterocycles. The normalized spacial score (nSPS) is 10.1. The van der Waals surface area contributed by atoms with Gasteiger partial charge in [0.05, 0.1) is 15.8 Å². The van der Waals surface area contributed by atoms with E-state index in [9.17, 15) is 13.2 Å². The van der Waals surface area contributed by atoms with Crippen LogP contribution in [0, 0.1) is 0 Å². The van der Waals surface area contributed by atoms with E-state index in [-0.39, 0.29) is 19.5 Å². The zero-order chi connectivity index (χ0) is 33.9. The number of rotatable bonds is 6. The predicted octanol–water partition coefficient (Wildman–Crippen LogP) is 6.71. The summed E-state index contributed by atoms with van der Waals surface area (Å²) in [5.41, 5.74) is 0. The van der Waals surface area contributed by atoms with Gasteiger partial charge in [-0.3, -0.25) is 6.79 Å². The molecule has 0 aliphatic rings. The van der Waals surface area contributed by atoms with Gasteiger partial charge in [0.25, 0.3) is 0 Å². The molecule has 0 aliphatic heterocycles. The Hall–Kier alpha value is -4.27. The van der Waals surface area contributed by atoms with Crippen molar-refractivity contribution in [3.63, 3.8) is 0 Å². The van der Waals surface area contributed by atoms with Crippen LogP contribution in [0.15, 0.2) is 182 Å². The third-order valence-electron chi connectivity index (χ3n) is 6.62. The number of hydrogen-bond acceptors (Lipinski definition) is 2. The summed E-state index contributed by atoms with van der Waals surface area (Å²) in [6, 6.07) is 65.0. The second-order valence-electron chi connectivity index (χ2n) is 9.75. The Morgan fingerprint density at radius 2 is 0.542 bits per heavy atom. The van der Waals surface area contributed by atoms with Gasteiger partial charge in [-0.15, -0.1) is 0 Å². The van der Waals surface area contributed by atoms with E-state index in [0.29, 0.717) is 0 Å². The average Bonchev–Trinajstić information content (AvgIpc) is 3.12. The number of benzene rings is 6. The third kappa shape index (κ3) is 12.7. The molecule has 0 atom stereocenters. The summed E-state index contributed by atoms with van der Waals surface area (Å²) in [7, 11) is -1.75. The topological polar surface area (TPSA) is 54.4 Å². The molecule has 0 fully saturated rings. The van der Waals surface area contributed by atoms with Crippen molar-refractivity contribution in [3.05, 3.63) is 182 Å². The maximum atomic E-state index is 10.6. The summed E-state index contributed by atoms with van der Waals surface area (Å²) in [6.45, 7) is 3.25. The maximum Gasteiger partial charge on any atom is 0.490 e. The van der Waals surface area contributed by atoms with E-state index in [0.717, 1.165) is 0 Å². The molecule has 1 radical (unpaired) electrons. The number of hydrogen-bond donors (Lipinski definition) is 1. The first-order chi connectivity index (χ1) is 22.8. The molecule has 48 heavy (non-hydrogen) atoms. The van der Waals surface area contributed by atoms with E-state index >= 15 is 0 Å². The van der Waals surface area contributed by atoms with Crippen LogP contribution in [0.5, 0.6) is 0 Å². The van der Waals surface area contributed by atoms with Gasteiger partial charge < -0.3 is 9.90 Å². The van der Waals surface area contributed by atoms with Gasteiger partial charge in [0.15, 0.2) is 0 Å². The fraction of sp³-hybridized carbons (Fsp3) is 0.0256. The fourth-order valence-electron chi connectivity index (χ4n) is 4.63. The largest absolute Gasteiger partial charge is 0.545 e. The molecule has 6 rings (SSSR count). The van der Waals surface area contributed by atoms with Gasteiger partial charge in [-0.2, -0.15) is 13.2 Å². The van der Waals surface area contributed by atoms with E-state index in [4.69, 9.17) is 14.7 Å². The van der Waals surface area contributed by atoms with Gasteiger partial charge in [0, 0.05) is 19.5 Å². The molecule has 0 saturated heterocycles. The zero-order valence-corrected chi connectivity index (χ0v) is 29.3. The smallest absolute Gasteiger partial charge is 0.490 e. The van der Waals surface area contributed by atoms with Crippen molar-refractivity contribution in [3.8, 4) is 0 Å². The standard InChI is InChI=1S/2C18H15P.C2HF3O2.CHO.Rh/c2*1-4-10-16(11-5-1)19(17-12-6-2-7-13-17)18-14-8-3-9-15-18;3-2(4,5)1(6)7;1-2;/h2*1-15H;(H,6,7);1H;/q;;;-1;/p+2. The van der Waals surface area contributed by atoms with Crippen LogP contribution in [-0.4, -0.2) is 24.0 Å². The number of aliphatic carboxylic acids is 1. The van der Waals surface area contributed by atoms with Crippen LogP contribution in [-0.2, 0) is 29.1 Å². The Balaban J connectivity index is 0.000000264. The Morgan fingerprint density at radius 1 is 0.417 bits per heavy atom. The quantitative estimate of drug-likeness (QED) is 0.0888. The van der Waals surface area contributed by atoms with Crippen LogP contribution in [0.1, 0.15) is 0 Å². The van der Waals surface area contributed by atoms with Gasteiger partial charge in [0.1, 0.15) is 31.8 Å². The maximum absolute atomic E-state index is 10.6. The Kier molecular flexibility index (Phi) is 17.9. The number of halogens is 3. The van der Waals surface area contributed by atoms with Gasteiger partial charge >= 0.3 is 12.1 Å². The SMILES string of the molecule is O=C(O)C(F)(F)F.[CH-]=O.[Rh].c1ccc([PH+](c2ccccc2)c2ccccc2)cc1.c1ccc([PH+](c2ccccc2)c2ccccc2)cc1. The van der Waals surface area contributed by atoms with Gasteiger partial charge in [-0.1, -0.05) is 109 Å². The monoisotopic (exact) mass is 772 g/mol. The molecular formula is C39H34F3O3P2Rh+. The van der Waals surface area contributed by atoms with Crippen LogP contribution in [0.25, 0.3) is 0 Å². The average molecular weight is 773 g/mol. The first-order valence-electron chi connectivity index (χ1n) is 14.4. The molecule has 9 heteroatoms. The third-order valence-corrected chi connectivity index (χ3v) is 12.1. The van der Waals surface area contributed by atoms with Gasteiger partial charge in [-0.25, -0.2) is 4.79 Å². The molecule has 1 N–H and O–H groups in total. The summed E-state index contributed by atoms with van der Waals surface area (Å²) in [6.07, 6.45) is -5.08. The summed E-state index contributed by atoms with van der Waals surface area (Å²) in [5.74, 6) is -2.76. The zero-order valence-electron chi connectivity index (χ0n) is 25.6. The first kappa shape index (κ1) is 39.9. The van der Waals surface area contributed by atoms with Crippen molar-refractivity contribution >= 4 is 60.4 Å². The van der Waals surface area contributed by atoms with Crippen LogP contribution in [0.3, 0.4) is 0 Å². The van der Waals surface area contributed by atoms with Crippen molar-refractivity contribution in [1.82, 2.24) is 0 Å². The van der Waals surface area contributed by atoms with Gasteiger partial charge in [-0.05, 0) is 72.8 Å². The second kappa shape index (κ2) is 21.6. The number of carbonyl (C=O) groups is 1. The molecule has 0 spiro atoms. The molecule has 6 aromatic rings. The Bertz CT molecular complexity index is 1410. The number of carboxylic acids is 1. The van der Waals surface area contributed by atoms with Crippen LogP contribution in [0.4, 0.5) is 13.2 Å². The Labute approximate surface area is 294 Å². The van der Waals surface area contributed by atoms with Crippen molar-refractivity contribution < 1.29 is 47.3 Å². The molecule has 3 nitrogen and oxygen atoms in total. The van der Waals surface area contributed by atoms with Gasteiger partial charge in [0.2, 0.25) is 0 Å². The van der Waals surface area contributed by atoms with Crippen LogP contribution in [0.2, 0.25) is 0 Å². The summed E-state index contributed by atoms with van der Waals surface area (Å²) in [4.78, 5) is 16.6. The first-order valence-corrected chi connectivity index (χ1v) is 17.4. The molecule has 0 amide bonds. The Morgan fingerprint density at radius 3 is 0.646 bits per heavy atom. The number of alkyl halides is 3. The minimum atomic E-state index is -5.08. The summed E-state index contributed by atoms with van der Waals surface area (Å²) >= 11 is 0.